The van der Waals surface area contributed by atoms with E-state index in [4.69, 9.17) is 23.2 Å². The van der Waals surface area contributed by atoms with Crippen LogP contribution in [0.25, 0.3) is 0 Å². The van der Waals surface area contributed by atoms with Gasteiger partial charge in [0.1, 0.15) is 6.04 Å². The Morgan fingerprint density at radius 3 is 2.29 bits per heavy atom. The van der Waals surface area contributed by atoms with Gasteiger partial charge in [-0.15, -0.1) is 0 Å². The molecule has 0 aromatic heterocycles. The van der Waals surface area contributed by atoms with Gasteiger partial charge < -0.3 is 10.2 Å². The molecule has 150 valence electrons. The molecule has 0 fully saturated rings. The van der Waals surface area contributed by atoms with Crippen LogP contribution < -0.4 is 5.32 Å². The van der Waals surface area contributed by atoms with E-state index in [-0.39, 0.29) is 24.3 Å². The van der Waals surface area contributed by atoms with Gasteiger partial charge in [-0.25, -0.2) is 0 Å². The van der Waals surface area contributed by atoms with Gasteiger partial charge in [-0.05, 0) is 55.7 Å². The first-order valence-corrected chi connectivity index (χ1v) is 10.1. The van der Waals surface area contributed by atoms with Gasteiger partial charge in [0, 0.05) is 22.6 Å². The molecular weight excluding hydrogens is 395 g/mol. The minimum atomic E-state index is -0.601. The van der Waals surface area contributed by atoms with Crippen LogP contribution in [-0.2, 0) is 22.6 Å². The molecule has 0 aliphatic carbocycles. The molecule has 0 saturated heterocycles. The number of hydrogen-bond acceptors (Lipinski definition) is 2. The molecule has 0 aliphatic heterocycles. The molecule has 2 amide bonds. The monoisotopic (exact) mass is 420 g/mol. The molecule has 6 heteroatoms. The van der Waals surface area contributed by atoms with Crippen LogP contribution in [0.15, 0.2) is 48.5 Å². The summed E-state index contributed by atoms with van der Waals surface area (Å²) in [4.78, 5) is 27.3. The number of amides is 2. The standard InChI is InChI=1S/C22H26Cl2N2O2/c1-4-15(2)25-22(28)16(3)26(14-17-8-10-19(23)11-9-17)21(27)13-18-6-5-7-20(24)12-18/h5-12,15-16H,4,13-14H2,1-3H3,(H,25,28). The lowest BCUT2D eigenvalue weighted by Crippen LogP contribution is -2.49. The first-order valence-electron chi connectivity index (χ1n) is 9.39. The van der Waals surface area contributed by atoms with Crippen molar-refractivity contribution in [2.75, 3.05) is 0 Å². The van der Waals surface area contributed by atoms with Crippen molar-refractivity contribution in [3.05, 3.63) is 69.7 Å². The molecule has 0 bridgehead atoms. The number of carbonyl (C=O) groups is 2. The lowest BCUT2D eigenvalue weighted by molar-refractivity contribution is -0.140. The molecule has 2 aromatic rings. The number of nitrogens with one attached hydrogen (secondary N) is 1. The maximum atomic E-state index is 13.1. The van der Waals surface area contributed by atoms with Crippen molar-refractivity contribution in [1.82, 2.24) is 10.2 Å². The van der Waals surface area contributed by atoms with Crippen LogP contribution in [0.4, 0.5) is 0 Å². The first kappa shape index (κ1) is 22.3. The molecule has 4 nitrogen and oxygen atoms in total. The predicted molar refractivity (Wildman–Crippen MR) is 115 cm³/mol. The Bertz CT molecular complexity index is 808. The minimum Gasteiger partial charge on any atom is -0.352 e. The molecule has 2 aromatic carbocycles. The molecule has 0 aliphatic rings. The van der Waals surface area contributed by atoms with Gasteiger partial charge in [0.25, 0.3) is 0 Å². The molecule has 2 unspecified atom stereocenters. The number of rotatable bonds is 8. The van der Waals surface area contributed by atoms with E-state index < -0.39 is 6.04 Å². The van der Waals surface area contributed by atoms with E-state index in [9.17, 15) is 9.59 Å². The van der Waals surface area contributed by atoms with Crippen LogP contribution in [0.5, 0.6) is 0 Å². The van der Waals surface area contributed by atoms with Gasteiger partial charge >= 0.3 is 0 Å². The van der Waals surface area contributed by atoms with E-state index in [1.165, 1.54) is 0 Å². The third-order valence-corrected chi connectivity index (χ3v) is 5.17. The predicted octanol–water partition coefficient (Wildman–Crippen LogP) is 4.87. The quantitative estimate of drug-likeness (QED) is 0.661. The van der Waals surface area contributed by atoms with E-state index in [2.05, 4.69) is 5.32 Å². The molecule has 0 radical (unpaired) electrons. The average Bonchev–Trinajstić information content (AvgIpc) is 2.66. The molecular formula is C22H26Cl2N2O2. The van der Waals surface area contributed by atoms with Crippen LogP contribution >= 0.6 is 23.2 Å². The zero-order chi connectivity index (χ0) is 20.7. The van der Waals surface area contributed by atoms with Crippen molar-refractivity contribution in [2.24, 2.45) is 0 Å². The number of hydrogen-bond donors (Lipinski definition) is 1. The van der Waals surface area contributed by atoms with Crippen LogP contribution in [0.3, 0.4) is 0 Å². The lowest BCUT2D eigenvalue weighted by atomic mass is 10.1. The molecule has 0 spiro atoms. The van der Waals surface area contributed by atoms with E-state index in [1.807, 2.05) is 38.1 Å². The molecule has 2 rings (SSSR count). The Hall–Kier alpha value is -2.04. The summed E-state index contributed by atoms with van der Waals surface area (Å²) in [5.74, 6) is -0.299. The zero-order valence-electron chi connectivity index (χ0n) is 16.4. The highest BCUT2D eigenvalue weighted by atomic mass is 35.5. The van der Waals surface area contributed by atoms with E-state index in [0.29, 0.717) is 16.6 Å². The second kappa shape index (κ2) is 10.5. The van der Waals surface area contributed by atoms with Gasteiger partial charge in [-0.1, -0.05) is 54.4 Å². The van der Waals surface area contributed by atoms with Gasteiger partial charge in [0.2, 0.25) is 11.8 Å². The van der Waals surface area contributed by atoms with Crippen molar-refractivity contribution < 1.29 is 9.59 Å². The molecule has 28 heavy (non-hydrogen) atoms. The first-order chi connectivity index (χ1) is 13.3. The zero-order valence-corrected chi connectivity index (χ0v) is 17.9. The van der Waals surface area contributed by atoms with Crippen molar-refractivity contribution in [2.45, 2.75) is 52.2 Å². The van der Waals surface area contributed by atoms with Gasteiger partial charge in [0.15, 0.2) is 0 Å². The number of nitrogens with zero attached hydrogens (tertiary/aromatic N) is 1. The Morgan fingerprint density at radius 2 is 1.68 bits per heavy atom. The smallest absolute Gasteiger partial charge is 0.242 e. The number of halogens is 2. The molecule has 2 atom stereocenters. The van der Waals surface area contributed by atoms with Crippen molar-refractivity contribution >= 4 is 35.0 Å². The van der Waals surface area contributed by atoms with Gasteiger partial charge in [-0.3, -0.25) is 9.59 Å². The second-order valence-electron chi connectivity index (χ2n) is 6.95. The summed E-state index contributed by atoms with van der Waals surface area (Å²) in [7, 11) is 0. The fraction of sp³-hybridized carbons (Fsp3) is 0.364. The summed E-state index contributed by atoms with van der Waals surface area (Å²) in [5.41, 5.74) is 1.72. The summed E-state index contributed by atoms with van der Waals surface area (Å²) < 4.78 is 0. The summed E-state index contributed by atoms with van der Waals surface area (Å²) in [6, 6.07) is 13.9. The topological polar surface area (TPSA) is 49.4 Å². The van der Waals surface area contributed by atoms with Crippen LogP contribution in [-0.4, -0.2) is 28.8 Å². The Morgan fingerprint density at radius 1 is 1.00 bits per heavy atom. The average molecular weight is 421 g/mol. The molecule has 0 heterocycles. The highest BCUT2D eigenvalue weighted by Crippen LogP contribution is 2.17. The Balaban J connectivity index is 2.22. The SMILES string of the molecule is CCC(C)NC(=O)C(C)N(Cc1ccc(Cl)cc1)C(=O)Cc1cccc(Cl)c1. The third-order valence-electron chi connectivity index (χ3n) is 4.68. The number of carbonyl (C=O) groups excluding carboxylic acids is 2. The highest BCUT2D eigenvalue weighted by molar-refractivity contribution is 6.30. The lowest BCUT2D eigenvalue weighted by Gasteiger charge is -2.30. The number of benzene rings is 2. The second-order valence-corrected chi connectivity index (χ2v) is 7.82. The summed E-state index contributed by atoms with van der Waals surface area (Å²) in [5, 5.41) is 4.17. The maximum absolute atomic E-state index is 13.1. The maximum Gasteiger partial charge on any atom is 0.242 e. The van der Waals surface area contributed by atoms with E-state index >= 15 is 0 Å². The third kappa shape index (κ3) is 6.54. The fourth-order valence-corrected chi connectivity index (χ4v) is 3.10. The molecule has 1 N–H and O–H groups in total. The van der Waals surface area contributed by atoms with Crippen molar-refractivity contribution in [3.63, 3.8) is 0 Å². The Labute approximate surface area is 176 Å². The van der Waals surface area contributed by atoms with Gasteiger partial charge in [0.05, 0.1) is 6.42 Å². The van der Waals surface area contributed by atoms with Crippen LogP contribution in [0.1, 0.15) is 38.3 Å². The van der Waals surface area contributed by atoms with Crippen LogP contribution in [0.2, 0.25) is 10.0 Å². The summed E-state index contributed by atoms with van der Waals surface area (Å²) >= 11 is 12.0. The molecule has 0 saturated carbocycles. The minimum absolute atomic E-state index is 0.0513. The van der Waals surface area contributed by atoms with Crippen molar-refractivity contribution in [1.29, 1.82) is 0 Å². The van der Waals surface area contributed by atoms with Gasteiger partial charge in [-0.2, -0.15) is 0 Å². The van der Waals surface area contributed by atoms with Crippen LogP contribution in [0, 0.1) is 0 Å². The largest absolute Gasteiger partial charge is 0.352 e. The summed E-state index contributed by atoms with van der Waals surface area (Å²) in [6.45, 7) is 6.03. The normalized spacial score (nSPS) is 12.9. The fourth-order valence-electron chi connectivity index (χ4n) is 2.76. The van der Waals surface area contributed by atoms with E-state index in [1.54, 1.807) is 36.1 Å². The van der Waals surface area contributed by atoms with Crippen molar-refractivity contribution in [3.8, 4) is 0 Å². The van der Waals surface area contributed by atoms with E-state index in [0.717, 1.165) is 17.5 Å². The Kier molecular flexibility index (Phi) is 8.34. The summed E-state index contributed by atoms with van der Waals surface area (Å²) in [6.07, 6.45) is 1.00. The highest BCUT2D eigenvalue weighted by Gasteiger charge is 2.26.